The van der Waals surface area contributed by atoms with Gasteiger partial charge in [-0.05, 0) is 25.1 Å². The number of anilines is 1. The monoisotopic (exact) mass is 358 g/mol. The van der Waals surface area contributed by atoms with Crippen LogP contribution in [0.15, 0.2) is 18.2 Å². The van der Waals surface area contributed by atoms with Gasteiger partial charge in [-0.3, -0.25) is 14.9 Å². The Bertz CT molecular complexity index is 623. The highest BCUT2D eigenvalue weighted by Crippen LogP contribution is 2.27. The van der Waals surface area contributed by atoms with Crippen LogP contribution in [-0.4, -0.2) is 51.8 Å². The summed E-state index contributed by atoms with van der Waals surface area (Å²) in [4.78, 5) is 35.6. The number of carbonyl (C=O) groups excluding carboxylic acids is 3. The zero-order valence-electron chi connectivity index (χ0n) is 13.9. The highest BCUT2D eigenvalue weighted by atomic mass is 35.5. The number of alkyl carbamates (subject to hydrolysis) is 1. The van der Waals surface area contributed by atoms with Crippen LogP contribution in [0.1, 0.15) is 6.92 Å². The Hall–Kier alpha value is -2.32. The van der Waals surface area contributed by atoms with E-state index in [-0.39, 0.29) is 12.5 Å². The van der Waals surface area contributed by atoms with Gasteiger partial charge in [0.25, 0.3) is 11.8 Å². The van der Waals surface area contributed by atoms with Crippen LogP contribution in [0.2, 0.25) is 5.02 Å². The molecule has 1 unspecified atom stereocenters. The minimum absolute atomic E-state index is 0.00538. The van der Waals surface area contributed by atoms with Crippen LogP contribution in [0.25, 0.3) is 0 Å². The first-order valence-electron chi connectivity index (χ1n) is 7.13. The van der Waals surface area contributed by atoms with Crippen LogP contribution in [0.5, 0.6) is 5.75 Å². The molecule has 0 aliphatic rings. The summed E-state index contributed by atoms with van der Waals surface area (Å²) >= 11 is 5.91. The van der Waals surface area contributed by atoms with E-state index in [1.54, 1.807) is 32.2 Å². The van der Waals surface area contributed by atoms with Gasteiger partial charge < -0.3 is 19.7 Å². The standard InChI is InChI=1S/C15H20ClN3O5/c1-9(14(21)18-15(22)24-4)19(2)8-13(20)17-11-7-10(16)5-6-12(11)23-3/h5-7,9H,8H2,1-4H3,(H,17,20)(H,18,21,22)/p+1/t9-/m1/s1. The molecule has 3 amide bonds. The van der Waals surface area contributed by atoms with Gasteiger partial charge in [-0.15, -0.1) is 0 Å². The van der Waals surface area contributed by atoms with E-state index >= 15 is 0 Å². The average Bonchev–Trinajstić information content (AvgIpc) is 2.53. The Morgan fingerprint density at radius 3 is 2.54 bits per heavy atom. The number of ether oxygens (including phenoxy) is 2. The number of hydrogen-bond acceptors (Lipinski definition) is 5. The van der Waals surface area contributed by atoms with E-state index in [4.69, 9.17) is 16.3 Å². The molecule has 0 aliphatic carbocycles. The van der Waals surface area contributed by atoms with Crippen LogP contribution in [0, 0.1) is 0 Å². The second-order valence-electron chi connectivity index (χ2n) is 5.12. The first-order valence-corrected chi connectivity index (χ1v) is 7.50. The molecule has 0 fully saturated rings. The van der Waals surface area contributed by atoms with E-state index in [1.807, 2.05) is 0 Å². The molecule has 2 atom stereocenters. The van der Waals surface area contributed by atoms with E-state index in [1.165, 1.54) is 7.11 Å². The van der Waals surface area contributed by atoms with E-state index < -0.39 is 18.0 Å². The zero-order chi connectivity index (χ0) is 18.3. The van der Waals surface area contributed by atoms with Gasteiger partial charge in [0.05, 0.1) is 27.0 Å². The van der Waals surface area contributed by atoms with Crippen LogP contribution >= 0.6 is 11.6 Å². The summed E-state index contributed by atoms with van der Waals surface area (Å²) in [6.07, 6.45) is -0.840. The fourth-order valence-electron chi connectivity index (χ4n) is 1.86. The van der Waals surface area contributed by atoms with Crippen molar-refractivity contribution < 1.29 is 28.8 Å². The molecule has 9 heteroatoms. The highest BCUT2D eigenvalue weighted by Gasteiger charge is 2.25. The predicted octanol–water partition coefficient (Wildman–Crippen LogP) is 0.0729. The van der Waals surface area contributed by atoms with E-state index in [9.17, 15) is 14.4 Å². The number of quaternary nitrogens is 1. The lowest BCUT2D eigenvalue weighted by Crippen LogP contribution is -3.15. The Labute approximate surface area is 145 Å². The third-order valence-corrected chi connectivity index (χ3v) is 3.65. The maximum absolute atomic E-state index is 12.2. The molecule has 0 radical (unpaired) electrons. The number of nitrogens with one attached hydrogen (secondary N) is 3. The number of likely N-dealkylation sites (N-methyl/N-ethyl adjacent to an activating group) is 1. The molecule has 8 nitrogen and oxygen atoms in total. The highest BCUT2D eigenvalue weighted by molar-refractivity contribution is 6.31. The molecule has 3 N–H and O–H groups in total. The number of imide groups is 1. The predicted molar refractivity (Wildman–Crippen MR) is 88.4 cm³/mol. The molecule has 0 spiro atoms. The molecular weight excluding hydrogens is 338 g/mol. The molecule has 24 heavy (non-hydrogen) atoms. The maximum atomic E-state index is 12.2. The van der Waals surface area contributed by atoms with Crippen molar-refractivity contribution in [2.75, 3.05) is 33.1 Å². The third kappa shape index (κ3) is 5.71. The maximum Gasteiger partial charge on any atom is 0.413 e. The van der Waals surface area contributed by atoms with Gasteiger partial charge >= 0.3 is 6.09 Å². The Morgan fingerprint density at radius 2 is 1.96 bits per heavy atom. The summed E-state index contributed by atoms with van der Waals surface area (Å²) in [5, 5.41) is 5.21. The topological polar surface area (TPSA) is 98.2 Å². The van der Waals surface area contributed by atoms with Crippen molar-refractivity contribution in [1.82, 2.24) is 5.32 Å². The number of rotatable bonds is 6. The van der Waals surface area contributed by atoms with Crippen molar-refractivity contribution in [2.45, 2.75) is 13.0 Å². The number of benzene rings is 1. The zero-order valence-corrected chi connectivity index (χ0v) is 14.7. The Morgan fingerprint density at radius 1 is 1.29 bits per heavy atom. The van der Waals surface area contributed by atoms with Crippen LogP contribution in [0.3, 0.4) is 0 Å². The van der Waals surface area contributed by atoms with Crippen LogP contribution in [0.4, 0.5) is 10.5 Å². The van der Waals surface area contributed by atoms with Crippen molar-refractivity contribution >= 4 is 35.2 Å². The summed E-state index contributed by atoms with van der Waals surface area (Å²) < 4.78 is 9.51. The van der Waals surface area contributed by atoms with Gasteiger partial charge in [0.2, 0.25) is 0 Å². The molecule has 0 aliphatic heterocycles. The summed E-state index contributed by atoms with van der Waals surface area (Å²) in [5.74, 6) is -0.389. The smallest absolute Gasteiger partial charge is 0.413 e. The Balaban J connectivity index is 2.65. The van der Waals surface area contributed by atoms with E-state index in [0.29, 0.717) is 21.4 Å². The lowest BCUT2D eigenvalue weighted by Gasteiger charge is -2.20. The van der Waals surface area contributed by atoms with Gasteiger partial charge in [0.15, 0.2) is 12.6 Å². The summed E-state index contributed by atoms with van der Waals surface area (Å²) in [5.41, 5.74) is 0.439. The van der Waals surface area contributed by atoms with Crippen LogP contribution < -0.4 is 20.3 Å². The number of halogens is 1. The summed E-state index contributed by atoms with van der Waals surface area (Å²) in [6.45, 7) is 1.60. The van der Waals surface area contributed by atoms with Crippen LogP contribution in [-0.2, 0) is 14.3 Å². The molecule has 1 aromatic rings. The average molecular weight is 359 g/mol. The van der Waals surface area contributed by atoms with Gasteiger partial charge in [0.1, 0.15) is 5.75 Å². The molecular formula is C15H21ClN3O5+. The number of carbonyl (C=O) groups is 3. The van der Waals surface area contributed by atoms with Crippen molar-refractivity contribution in [2.24, 2.45) is 0 Å². The van der Waals surface area contributed by atoms with Crippen molar-refractivity contribution in [3.8, 4) is 5.75 Å². The lowest BCUT2D eigenvalue weighted by atomic mass is 10.2. The first kappa shape index (κ1) is 19.7. The fourth-order valence-corrected chi connectivity index (χ4v) is 2.03. The van der Waals surface area contributed by atoms with Gasteiger partial charge in [-0.2, -0.15) is 0 Å². The largest absolute Gasteiger partial charge is 0.495 e. The molecule has 132 valence electrons. The molecule has 1 aromatic carbocycles. The van der Waals surface area contributed by atoms with Gasteiger partial charge in [-0.25, -0.2) is 4.79 Å². The van der Waals surface area contributed by atoms with Gasteiger partial charge in [-0.1, -0.05) is 11.6 Å². The minimum Gasteiger partial charge on any atom is -0.495 e. The Kier molecular flexibility index (Phi) is 7.47. The number of amides is 3. The van der Waals surface area contributed by atoms with Crippen molar-refractivity contribution in [1.29, 1.82) is 0 Å². The molecule has 0 heterocycles. The molecule has 0 bridgehead atoms. The lowest BCUT2D eigenvalue weighted by molar-refractivity contribution is -0.885. The number of hydrogen-bond donors (Lipinski definition) is 3. The number of methoxy groups -OCH3 is 2. The minimum atomic E-state index is -0.840. The van der Waals surface area contributed by atoms with Gasteiger partial charge in [0, 0.05) is 5.02 Å². The second-order valence-corrected chi connectivity index (χ2v) is 5.55. The normalized spacial score (nSPS) is 12.7. The SMILES string of the molecule is COC(=O)NC(=O)[C@@H](C)[NH+](C)CC(=O)Nc1cc(Cl)ccc1OC. The van der Waals surface area contributed by atoms with Crippen molar-refractivity contribution in [3.63, 3.8) is 0 Å². The summed E-state index contributed by atoms with van der Waals surface area (Å²) in [7, 11) is 4.31. The quantitative estimate of drug-likeness (QED) is 0.668. The second kappa shape index (κ2) is 9.09. The molecule has 0 saturated heterocycles. The molecule has 0 saturated carbocycles. The molecule has 1 rings (SSSR count). The first-order chi connectivity index (χ1) is 11.3. The third-order valence-electron chi connectivity index (χ3n) is 3.42. The summed E-state index contributed by atoms with van der Waals surface area (Å²) in [6, 6.07) is 4.23. The van der Waals surface area contributed by atoms with Crippen molar-refractivity contribution in [3.05, 3.63) is 23.2 Å². The van der Waals surface area contributed by atoms with E-state index in [0.717, 1.165) is 7.11 Å². The molecule has 0 aromatic heterocycles. The van der Waals surface area contributed by atoms with E-state index in [2.05, 4.69) is 15.4 Å². The fraction of sp³-hybridized carbons (Fsp3) is 0.400.